The van der Waals surface area contributed by atoms with E-state index in [0.29, 0.717) is 0 Å². The Morgan fingerprint density at radius 2 is 1.82 bits per heavy atom. The summed E-state index contributed by atoms with van der Waals surface area (Å²) in [5, 5.41) is 9.13. The van der Waals surface area contributed by atoms with Gasteiger partial charge in [-0.15, -0.1) is 0 Å². The number of fused-ring (bicyclic) bond motifs is 1. The zero-order valence-electron chi connectivity index (χ0n) is 5.64. The summed E-state index contributed by atoms with van der Waals surface area (Å²) in [6, 6.07) is 4.62. The molecule has 2 rings (SSSR count). The lowest BCUT2D eigenvalue weighted by Gasteiger charge is -1.94. The zero-order valence-corrected chi connectivity index (χ0v) is 5.64. The first-order chi connectivity index (χ1) is 5.29. The average Bonchev–Trinajstić information content (AvgIpc) is 2.30. The van der Waals surface area contributed by atoms with Crippen LogP contribution >= 0.6 is 0 Å². The molecule has 0 fully saturated rings. The molecule has 0 radical (unpaired) electrons. The van der Waals surface area contributed by atoms with Crippen LogP contribution in [-0.2, 0) is 0 Å². The molecule has 2 aromatic heterocycles. The smallest absolute Gasteiger partial charge is 0.275 e. The van der Waals surface area contributed by atoms with Crippen LogP contribution in [0.1, 0.15) is 0 Å². The van der Waals surface area contributed by atoms with Crippen LogP contribution in [0, 0.1) is 0 Å². The largest absolute Gasteiger partial charge is 0.493 e. The Morgan fingerprint density at radius 3 is 2.45 bits per heavy atom. The predicted octanol–water partition coefficient (Wildman–Crippen LogP) is 0.105. The topological polar surface area (TPSA) is 46.1 Å². The number of nitrogens with zero attached hydrogens (tertiary/aromatic N) is 2. The lowest BCUT2D eigenvalue weighted by atomic mass is 10.6. The third-order valence-electron chi connectivity index (χ3n) is 1.51. The highest BCUT2D eigenvalue weighted by atomic mass is 16.3. The van der Waals surface area contributed by atoms with Crippen LogP contribution in [0.4, 0.5) is 0 Å². The molecule has 0 unspecified atom stereocenters. The molecule has 2 aromatic rings. The van der Waals surface area contributed by atoms with E-state index in [0.717, 1.165) is 0 Å². The van der Waals surface area contributed by atoms with E-state index in [1.165, 1.54) is 15.1 Å². The Bertz CT molecular complexity index is 441. The maximum atomic E-state index is 11.0. The van der Waals surface area contributed by atoms with Gasteiger partial charge in [0.2, 0.25) is 5.88 Å². The first-order valence-corrected chi connectivity index (χ1v) is 3.17. The summed E-state index contributed by atoms with van der Waals surface area (Å²) in [5.41, 5.74) is -0.233. The van der Waals surface area contributed by atoms with Crippen molar-refractivity contribution in [2.24, 2.45) is 0 Å². The summed E-state index contributed by atoms with van der Waals surface area (Å²) >= 11 is 0. The fourth-order valence-electron chi connectivity index (χ4n) is 1.02. The van der Waals surface area contributed by atoms with Gasteiger partial charge in [-0.3, -0.25) is 4.79 Å². The fraction of sp³-hybridized carbons (Fsp3) is 0. The van der Waals surface area contributed by atoms with Gasteiger partial charge in [-0.1, -0.05) is 0 Å². The lowest BCUT2D eigenvalue weighted by molar-refractivity contribution is 0.434. The van der Waals surface area contributed by atoms with E-state index < -0.39 is 0 Å². The van der Waals surface area contributed by atoms with E-state index in [-0.39, 0.29) is 11.4 Å². The summed E-state index contributed by atoms with van der Waals surface area (Å²) in [5.74, 6) is -0.0457. The van der Waals surface area contributed by atoms with E-state index in [4.69, 9.17) is 5.11 Å². The molecule has 0 aliphatic carbocycles. The average molecular weight is 150 g/mol. The minimum atomic E-state index is -0.233. The van der Waals surface area contributed by atoms with E-state index in [9.17, 15) is 4.79 Å². The monoisotopic (exact) mass is 150 g/mol. The molecule has 0 spiro atoms. The van der Waals surface area contributed by atoms with Gasteiger partial charge in [0, 0.05) is 12.4 Å². The van der Waals surface area contributed by atoms with Gasteiger partial charge < -0.3 is 5.11 Å². The van der Waals surface area contributed by atoms with Crippen LogP contribution in [0.2, 0.25) is 0 Å². The summed E-state index contributed by atoms with van der Waals surface area (Å²) in [6.07, 6.45) is 3.19. The molecule has 2 heterocycles. The van der Waals surface area contributed by atoms with Crippen LogP contribution in [0.25, 0.3) is 0 Å². The summed E-state index contributed by atoms with van der Waals surface area (Å²) in [6.45, 7) is 0. The van der Waals surface area contributed by atoms with Crippen LogP contribution in [-0.4, -0.2) is 14.1 Å². The second-order valence-corrected chi connectivity index (χ2v) is 2.21. The minimum Gasteiger partial charge on any atom is -0.493 e. The van der Waals surface area contributed by atoms with Gasteiger partial charge in [0.25, 0.3) is 5.56 Å². The third-order valence-corrected chi connectivity index (χ3v) is 1.51. The van der Waals surface area contributed by atoms with Crippen molar-refractivity contribution >= 4 is 0 Å². The maximum absolute atomic E-state index is 11.0. The van der Waals surface area contributed by atoms with Crippen LogP contribution in [0.3, 0.4) is 0 Å². The molecule has 0 atom stereocenters. The number of aromatic nitrogens is 2. The van der Waals surface area contributed by atoms with Gasteiger partial charge in [0.15, 0.2) is 0 Å². The molecule has 11 heavy (non-hydrogen) atoms. The highest BCUT2D eigenvalue weighted by molar-refractivity contribution is 5.09. The molecule has 4 nitrogen and oxygen atoms in total. The molecule has 56 valence electrons. The SMILES string of the molecule is O=c1cc(O)n2ccccn12. The van der Waals surface area contributed by atoms with Gasteiger partial charge in [0.05, 0.1) is 6.07 Å². The Morgan fingerprint density at radius 1 is 1.18 bits per heavy atom. The summed E-state index contributed by atoms with van der Waals surface area (Å²) in [4.78, 5) is 11.0. The molecule has 4 heteroatoms. The minimum absolute atomic E-state index is 0.0457. The highest BCUT2D eigenvalue weighted by Crippen LogP contribution is 2.01. The third kappa shape index (κ3) is 0.724. The first kappa shape index (κ1) is 6.03. The Kier molecular flexibility index (Phi) is 1.03. The summed E-state index contributed by atoms with van der Waals surface area (Å²) < 4.78 is 2.68. The molecule has 0 amide bonds. The van der Waals surface area contributed by atoms with E-state index >= 15 is 0 Å². The standard InChI is InChI=1S/C7H6N2O2/c10-6-5-7(11)9-4-2-1-3-8(6)9/h1-5,10H. The number of rotatable bonds is 0. The molecule has 1 N–H and O–H groups in total. The molecule has 0 aliphatic heterocycles. The molecule has 0 aromatic carbocycles. The number of hydrogen-bond acceptors (Lipinski definition) is 2. The van der Waals surface area contributed by atoms with Crippen molar-refractivity contribution in [3.8, 4) is 5.88 Å². The predicted molar refractivity (Wildman–Crippen MR) is 38.8 cm³/mol. The summed E-state index contributed by atoms with van der Waals surface area (Å²) in [7, 11) is 0. The van der Waals surface area contributed by atoms with Crippen LogP contribution in [0.5, 0.6) is 5.88 Å². The van der Waals surface area contributed by atoms with E-state index in [1.54, 1.807) is 24.5 Å². The van der Waals surface area contributed by atoms with E-state index in [2.05, 4.69) is 0 Å². The molecule has 0 bridgehead atoms. The second kappa shape index (κ2) is 1.88. The maximum Gasteiger partial charge on any atom is 0.275 e. The normalized spacial score (nSPS) is 10.5. The van der Waals surface area contributed by atoms with Gasteiger partial charge in [-0.25, -0.2) is 9.03 Å². The van der Waals surface area contributed by atoms with Crippen molar-refractivity contribution in [2.45, 2.75) is 0 Å². The van der Waals surface area contributed by atoms with Crippen molar-refractivity contribution in [1.82, 2.24) is 9.03 Å². The van der Waals surface area contributed by atoms with Crippen molar-refractivity contribution in [3.05, 3.63) is 40.9 Å². The molecular weight excluding hydrogens is 144 g/mol. The second-order valence-electron chi connectivity index (χ2n) is 2.21. The van der Waals surface area contributed by atoms with Gasteiger partial charge >= 0.3 is 0 Å². The van der Waals surface area contributed by atoms with Gasteiger partial charge in [0.1, 0.15) is 0 Å². The highest BCUT2D eigenvalue weighted by Gasteiger charge is 1.99. The first-order valence-electron chi connectivity index (χ1n) is 3.17. The van der Waals surface area contributed by atoms with Crippen molar-refractivity contribution in [1.29, 1.82) is 0 Å². The Hall–Kier alpha value is -1.71. The number of aromatic hydroxyl groups is 1. The van der Waals surface area contributed by atoms with Gasteiger partial charge in [-0.05, 0) is 12.1 Å². The van der Waals surface area contributed by atoms with Gasteiger partial charge in [-0.2, -0.15) is 0 Å². The lowest BCUT2D eigenvalue weighted by Crippen LogP contribution is -2.09. The van der Waals surface area contributed by atoms with Crippen molar-refractivity contribution in [3.63, 3.8) is 0 Å². The Labute approximate surface area is 61.9 Å². The Balaban J connectivity index is 3.07. The van der Waals surface area contributed by atoms with Crippen molar-refractivity contribution in [2.75, 3.05) is 0 Å². The molecule has 0 saturated heterocycles. The number of hydrogen-bond donors (Lipinski definition) is 1. The van der Waals surface area contributed by atoms with Crippen LogP contribution < -0.4 is 5.56 Å². The molecule has 0 aliphatic rings. The fourth-order valence-corrected chi connectivity index (χ4v) is 1.02. The van der Waals surface area contributed by atoms with Crippen LogP contribution in [0.15, 0.2) is 35.4 Å². The quantitative estimate of drug-likeness (QED) is 0.579. The van der Waals surface area contributed by atoms with Crippen molar-refractivity contribution < 1.29 is 5.11 Å². The molecule has 0 saturated carbocycles. The zero-order chi connectivity index (χ0) is 7.84. The van der Waals surface area contributed by atoms with E-state index in [1.807, 2.05) is 0 Å². The molecular formula is C7H6N2O2.